The number of aliphatic hydroxyl groups excluding tert-OH is 1. The average molecular weight is 308 g/mol. The number of nitrogens with zero attached hydrogens (tertiary/aromatic N) is 2. The number of halogens is 1. The molecular formula is C15H17FN2O4. The Balaban J connectivity index is 1.71. The Hall–Kier alpha value is -2.15. The fraction of sp³-hybridized carbons (Fsp3) is 0.467. The second kappa shape index (κ2) is 5.92. The van der Waals surface area contributed by atoms with Gasteiger partial charge < -0.3 is 14.8 Å². The van der Waals surface area contributed by atoms with Crippen LogP contribution in [0.2, 0.25) is 0 Å². The van der Waals surface area contributed by atoms with Gasteiger partial charge in [0.2, 0.25) is 0 Å². The van der Waals surface area contributed by atoms with Crippen LogP contribution in [0.3, 0.4) is 0 Å². The highest BCUT2D eigenvalue weighted by Gasteiger charge is 2.27. The van der Waals surface area contributed by atoms with Gasteiger partial charge in [0.15, 0.2) is 11.6 Å². The van der Waals surface area contributed by atoms with Crippen molar-refractivity contribution in [3.05, 3.63) is 29.6 Å². The molecule has 1 aromatic carbocycles. The van der Waals surface area contributed by atoms with Crippen molar-refractivity contribution in [1.82, 2.24) is 9.96 Å². The number of carbonyl (C=O) groups is 2. The first kappa shape index (κ1) is 14.8. The zero-order chi connectivity index (χ0) is 15.7. The largest absolute Gasteiger partial charge is 0.391 e. The van der Waals surface area contributed by atoms with Crippen LogP contribution in [0.4, 0.5) is 4.39 Å². The molecule has 2 heterocycles. The molecule has 0 spiro atoms. The van der Waals surface area contributed by atoms with Gasteiger partial charge in [-0.15, -0.1) is 0 Å². The Morgan fingerprint density at radius 1 is 1.36 bits per heavy atom. The van der Waals surface area contributed by atoms with Crippen molar-refractivity contribution >= 4 is 11.8 Å². The summed E-state index contributed by atoms with van der Waals surface area (Å²) in [6.45, 7) is 1.16. The summed E-state index contributed by atoms with van der Waals surface area (Å²) in [5.74, 6) is -1.26. The molecule has 0 bridgehead atoms. The van der Waals surface area contributed by atoms with Gasteiger partial charge in [0.05, 0.1) is 12.6 Å². The third kappa shape index (κ3) is 2.89. The van der Waals surface area contributed by atoms with Gasteiger partial charge in [-0.25, -0.2) is 4.39 Å². The number of amides is 2. The van der Waals surface area contributed by atoms with Crippen molar-refractivity contribution in [3.8, 4) is 5.75 Å². The van der Waals surface area contributed by atoms with E-state index in [1.165, 1.54) is 17.0 Å². The van der Waals surface area contributed by atoms with E-state index in [9.17, 15) is 19.1 Å². The summed E-state index contributed by atoms with van der Waals surface area (Å²) in [6.07, 6.45) is 1.11. The van der Waals surface area contributed by atoms with E-state index in [2.05, 4.69) is 0 Å². The molecule has 7 heteroatoms. The fourth-order valence-electron chi connectivity index (χ4n) is 2.66. The summed E-state index contributed by atoms with van der Waals surface area (Å²) in [4.78, 5) is 30.4. The van der Waals surface area contributed by atoms with Gasteiger partial charge in [-0.05, 0) is 31.0 Å². The molecule has 118 valence electrons. The van der Waals surface area contributed by atoms with Gasteiger partial charge in [-0.3, -0.25) is 9.59 Å². The Labute approximate surface area is 127 Å². The number of rotatable bonds is 3. The molecule has 3 rings (SSSR count). The predicted molar refractivity (Wildman–Crippen MR) is 74.5 cm³/mol. The van der Waals surface area contributed by atoms with Crippen molar-refractivity contribution < 1.29 is 23.9 Å². The quantitative estimate of drug-likeness (QED) is 0.902. The normalized spacial score (nSPS) is 21.5. The summed E-state index contributed by atoms with van der Waals surface area (Å²) < 4.78 is 14.1. The van der Waals surface area contributed by atoms with Crippen molar-refractivity contribution in [2.75, 3.05) is 19.6 Å². The van der Waals surface area contributed by atoms with E-state index in [0.717, 1.165) is 11.1 Å². The molecule has 2 saturated heterocycles. The molecule has 2 aliphatic heterocycles. The first-order chi connectivity index (χ1) is 10.5. The first-order valence-corrected chi connectivity index (χ1v) is 7.30. The number of aliphatic hydroxyl groups is 1. The number of hydrogen-bond donors (Lipinski definition) is 1. The van der Waals surface area contributed by atoms with Crippen LogP contribution in [0.5, 0.6) is 5.75 Å². The van der Waals surface area contributed by atoms with Crippen molar-refractivity contribution in [2.24, 2.45) is 0 Å². The van der Waals surface area contributed by atoms with E-state index >= 15 is 0 Å². The van der Waals surface area contributed by atoms with Crippen LogP contribution in [0.1, 0.15) is 29.6 Å². The number of likely N-dealkylation sites (tertiary alicyclic amines) is 1. The highest BCUT2D eigenvalue weighted by atomic mass is 19.1. The van der Waals surface area contributed by atoms with Gasteiger partial charge in [0.1, 0.15) is 0 Å². The van der Waals surface area contributed by atoms with E-state index in [0.29, 0.717) is 32.4 Å². The zero-order valence-electron chi connectivity index (χ0n) is 12.0. The van der Waals surface area contributed by atoms with Crippen LogP contribution < -0.4 is 4.84 Å². The standard InChI is InChI=1S/C15H17FN2O4/c16-12-8-10(15(21)17-7-5-11(19)9-17)3-4-13(12)22-18-6-1-2-14(18)20/h3-4,8,11,19H,1-2,5-7,9H2/t11-/m0/s1. The van der Waals surface area contributed by atoms with Crippen LogP contribution in [0.15, 0.2) is 18.2 Å². The number of β-amino-alcohol motifs (C(OH)–C–C–N with tert-alkyl or cyclic N) is 1. The third-order valence-corrected chi connectivity index (χ3v) is 3.87. The second-order valence-electron chi connectivity index (χ2n) is 5.53. The topological polar surface area (TPSA) is 70.1 Å². The molecule has 1 atom stereocenters. The lowest BCUT2D eigenvalue weighted by molar-refractivity contribution is -0.150. The summed E-state index contributed by atoms with van der Waals surface area (Å²) in [7, 11) is 0. The number of carbonyl (C=O) groups excluding carboxylic acids is 2. The van der Waals surface area contributed by atoms with Gasteiger partial charge in [-0.2, -0.15) is 5.06 Å². The highest BCUT2D eigenvalue weighted by Crippen LogP contribution is 2.23. The Morgan fingerprint density at radius 3 is 2.77 bits per heavy atom. The molecule has 2 aliphatic rings. The molecule has 1 N–H and O–H groups in total. The third-order valence-electron chi connectivity index (χ3n) is 3.87. The smallest absolute Gasteiger partial charge is 0.255 e. The monoisotopic (exact) mass is 308 g/mol. The Kier molecular flexibility index (Phi) is 3.98. The minimum Gasteiger partial charge on any atom is -0.391 e. The molecule has 6 nitrogen and oxygen atoms in total. The summed E-state index contributed by atoms with van der Waals surface area (Å²) in [5.41, 5.74) is 0.201. The SMILES string of the molecule is O=C(c1ccc(ON2CCCC2=O)c(F)c1)N1CC[C@H](O)C1. The Morgan fingerprint density at radius 2 is 2.18 bits per heavy atom. The van der Waals surface area contributed by atoms with E-state index < -0.39 is 11.9 Å². The van der Waals surface area contributed by atoms with Gasteiger partial charge >= 0.3 is 0 Å². The maximum Gasteiger partial charge on any atom is 0.255 e. The summed E-state index contributed by atoms with van der Waals surface area (Å²) in [5, 5.41) is 10.6. The molecule has 0 aromatic heterocycles. The molecule has 0 radical (unpaired) electrons. The lowest BCUT2D eigenvalue weighted by Gasteiger charge is -2.18. The molecular weight excluding hydrogens is 291 g/mol. The summed E-state index contributed by atoms with van der Waals surface area (Å²) >= 11 is 0. The second-order valence-corrected chi connectivity index (χ2v) is 5.53. The van der Waals surface area contributed by atoms with Crippen LogP contribution >= 0.6 is 0 Å². The Bertz CT molecular complexity index is 607. The zero-order valence-corrected chi connectivity index (χ0v) is 12.0. The lowest BCUT2D eigenvalue weighted by atomic mass is 10.2. The minimum absolute atomic E-state index is 0.0757. The van der Waals surface area contributed by atoms with Crippen molar-refractivity contribution in [3.63, 3.8) is 0 Å². The molecule has 2 fully saturated rings. The lowest BCUT2D eigenvalue weighted by Crippen LogP contribution is -2.30. The molecule has 0 aliphatic carbocycles. The van der Waals surface area contributed by atoms with Gasteiger partial charge in [0, 0.05) is 25.1 Å². The fourth-order valence-corrected chi connectivity index (χ4v) is 2.66. The maximum atomic E-state index is 14.1. The molecule has 1 aromatic rings. The number of hydroxylamine groups is 2. The van der Waals surface area contributed by atoms with E-state index in [1.54, 1.807) is 0 Å². The van der Waals surface area contributed by atoms with Crippen LogP contribution in [0, 0.1) is 5.82 Å². The minimum atomic E-state index is -0.690. The highest BCUT2D eigenvalue weighted by molar-refractivity contribution is 5.94. The van der Waals surface area contributed by atoms with Crippen LogP contribution in [0.25, 0.3) is 0 Å². The van der Waals surface area contributed by atoms with Crippen LogP contribution in [-0.2, 0) is 4.79 Å². The molecule has 0 unspecified atom stereocenters. The van der Waals surface area contributed by atoms with E-state index in [-0.39, 0.29) is 29.7 Å². The average Bonchev–Trinajstić information content (AvgIpc) is 3.09. The predicted octanol–water partition coefficient (Wildman–Crippen LogP) is 0.949. The first-order valence-electron chi connectivity index (χ1n) is 7.30. The van der Waals surface area contributed by atoms with Gasteiger partial charge in [0.25, 0.3) is 11.8 Å². The number of benzene rings is 1. The maximum absolute atomic E-state index is 14.1. The van der Waals surface area contributed by atoms with Gasteiger partial charge in [-0.1, -0.05) is 0 Å². The van der Waals surface area contributed by atoms with Crippen LogP contribution in [-0.4, -0.2) is 52.6 Å². The van der Waals surface area contributed by atoms with E-state index in [4.69, 9.17) is 4.84 Å². The molecule has 2 amide bonds. The molecule has 0 saturated carbocycles. The molecule has 22 heavy (non-hydrogen) atoms. The van der Waals surface area contributed by atoms with Crippen molar-refractivity contribution in [1.29, 1.82) is 0 Å². The van der Waals surface area contributed by atoms with E-state index in [1.807, 2.05) is 0 Å². The van der Waals surface area contributed by atoms with Crippen molar-refractivity contribution in [2.45, 2.75) is 25.4 Å². The number of hydrogen-bond acceptors (Lipinski definition) is 4. The summed E-state index contributed by atoms with van der Waals surface area (Å²) in [6, 6.07) is 3.91.